The number of amides is 2. The van der Waals surface area contributed by atoms with E-state index in [0.717, 1.165) is 31.2 Å². The van der Waals surface area contributed by atoms with Crippen molar-refractivity contribution in [1.29, 1.82) is 0 Å². The highest BCUT2D eigenvalue weighted by Crippen LogP contribution is 2.27. The Morgan fingerprint density at radius 2 is 1.58 bits per heavy atom. The molecule has 2 amide bonds. The Balaban J connectivity index is 1.71. The number of carbonyl (C=O) groups is 2. The zero-order valence-corrected chi connectivity index (χ0v) is 19.7. The molecule has 3 rings (SSSR count). The number of ether oxygens (including phenoxy) is 3. The lowest BCUT2D eigenvalue weighted by atomic mass is 9.95. The van der Waals surface area contributed by atoms with Crippen LogP contribution < -0.4 is 19.5 Å². The van der Waals surface area contributed by atoms with Gasteiger partial charge in [0, 0.05) is 30.8 Å². The maximum absolute atomic E-state index is 13.2. The van der Waals surface area contributed by atoms with E-state index in [9.17, 15) is 9.59 Å². The molecule has 7 nitrogen and oxygen atoms in total. The van der Waals surface area contributed by atoms with Crippen molar-refractivity contribution in [3.63, 3.8) is 0 Å². The van der Waals surface area contributed by atoms with Crippen LogP contribution in [0, 0.1) is 0 Å². The Labute approximate surface area is 196 Å². The zero-order valence-electron chi connectivity index (χ0n) is 19.7. The SMILES string of the molecule is COc1cc(OC)cc(OCC(=O)N(Cc2ccccc2)[C@H](C)C(=O)NC2CCCCC2)c1. The van der Waals surface area contributed by atoms with Gasteiger partial charge in [0.2, 0.25) is 5.91 Å². The van der Waals surface area contributed by atoms with Gasteiger partial charge in [-0.25, -0.2) is 0 Å². The molecule has 0 aromatic heterocycles. The van der Waals surface area contributed by atoms with E-state index in [2.05, 4.69) is 5.32 Å². The van der Waals surface area contributed by atoms with Crippen LogP contribution in [-0.4, -0.2) is 49.6 Å². The highest BCUT2D eigenvalue weighted by atomic mass is 16.5. The fourth-order valence-electron chi connectivity index (χ4n) is 4.02. The minimum atomic E-state index is -0.622. The van der Waals surface area contributed by atoms with E-state index >= 15 is 0 Å². The Morgan fingerprint density at radius 1 is 0.970 bits per heavy atom. The van der Waals surface area contributed by atoms with Crippen LogP contribution >= 0.6 is 0 Å². The van der Waals surface area contributed by atoms with Crippen molar-refractivity contribution < 1.29 is 23.8 Å². The number of hydrogen-bond acceptors (Lipinski definition) is 5. The molecule has 0 bridgehead atoms. The van der Waals surface area contributed by atoms with Crippen LogP contribution in [0.15, 0.2) is 48.5 Å². The molecule has 1 saturated carbocycles. The number of nitrogens with zero attached hydrogens (tertiary/aromatic N) is 1. The van der Waals surface area contributed by atoms with E-state index in [1.54, 1.807) is 44.2 Å². The minimum absolute atomic E-state index is 0.130. The molecule has 0 radical (unpaired) electrons. The molecule has 0 heterocycles. The topological polar surface area (TPSA) is 77.1 Å². The zero-order chi connectivity index (χ0) is 23.6. The molecule has 0 spiro atoms. The summed E-state index contributed by atoms with van der Waals surface area (Å²) in [4.78, 5) is 27.8. The summed E-state index contributed by atoms with van der Waals surface area (Å²) in [6.45, 7) is 1.89. The Morgan fingerprint density at radius 3 is 2.18 bits per heavy atom. The van der Waals surface area contributed by atoms with Crippen LogP contribution in [-0.2, 0) is 16.1 Å². The normalized spacial score (nSPS) is 14.8. The lowest BCUT2D eigenvalue weighted by Gasteiger charge is -2.31. The molecule has 1 N–H and O–H groups in total. The third-order valence-electron chi connectivity index (χ3n) is 6.00. The second-order valence-corrected chi connectivity index (χ2v) is 8.36. The molecule has 0 saturated heterocycles. The van der Waals surface area contributed by atoms with Crippen molar-refractivity contribution in [1.82, 2.24) is 10.2 Å². The smallest absolute Gasteiger partial charge is 0.261 e. The summed E-state index contributed by atoms with van der Waals surface area (Å²) in [6, 6.07) is 14.3. The van der Waals surface area contributed by atoms with E-state index in [0.29, 0.717) is 23.8 Å². The molecule has 0 aliphatic heterocycles. The van der Waals surface area contributed by atoms with Crippen molar-refractivity contribution in [3.8, 4) is 17.2 Å². The van der Waals surface area contributed by atoms with Gasteiger partial charge in [0.15, 0.2) is 6.61 Å². The Hall–Kier alpha value is -3.22. The number of rotatable bonds is 10. The lowest BCUT2D eigenvalue weighted by molar-refractivity contribution is -0.142. The van der Waals surface area contributed by atoms with Gasteiger partial charge in [0.1, 0.15) is 23.3 Å². The Bertz CT molecular complexity index is 890. The molecule has 0 unspecified atom stereocenters. The lowest BCUT2D eigenvalue weighted by Crippen LogP contribution is -2.51. The van der Waals surface area contributed by atoms with Crippen LogP contribution in [0.3, 0.4) is 0 Å². The first-order valence-electron chi connectivity index (χ1n) is 11.5. The van der Waals surface area contributed by atoms with Crippen LogP contribution in [0.2, 0.25) is 0 Å². The van der Waals surface area contributed by atoms with E-state index in [-0.39, 0.29) is 24.5 Å². The number of methoxy groups -OCH3 is 2. The van der Waals surface area contributed by atoms with Crippen molar-refractivity contribution >= 4 is 11.8 Å². The fraction of sp³-hybridized carbons (Fsp3) is 0.462. The molecule has 1 atom stereocenters. The van der Waals surface area contributed by atoms with Gasteiger partial charge in [-0.1, -0.05) is 49.6 Å². The van der Waals surface area contributed by atoms with Gasteiger partial charge in [-0.15, -0.1) is 0 Å². The standard InChI is InChI=1S/C26H34N2O5/c1-19(26(30)27-21-12-8-5-9-13-21)28(17-20-10-6-4-7-11-20)25(29)18-33-24-15-22(31-2)14-23(16-24)32-3/h4,6-7,10-11,14-16,19,21H,5,8-9,12-13,17-18H2,1-3H3,(H,27,30)/t19-/m1/s1. The van der Waals surface area contributed by atoms with Crippen LogP contribution in [0.25, 0.3) is 0 Å². The largest absolute Gasteiger partial charge is 0.496 e. The van der Waals surface area contributed by atoms with Gasteiger partial charge < -0.3 is 24.4 Å². The van der Waals surface area contributed by atoms with Gasteiger partial charge >= 0.3 is 0 Å². The fourth-order valence-corrected chi connectivity index (χ4v) is 4.02. The van der Waals surface area contributed by atoms with Gasteiger partial charge in [-0.2, -0.15) is 0 Å². The first-order valence-corrected chi connectivity index (χ1v) is 11.5. The van der Waals surface area contributed by atoms with E-state index in [4.69, 9.17) is 14.2 Å². The third kappa shape index (κ3) is 7.14. The maximum atomic E-state index is 13.2. The molecular weight excluding hydrogens is 420 g/mol. The van der Waals surface area contributed by atoms with Crippen molar-refractivity contribution in [2.24, 2.45) is 0 Å². The number of hydrogen-bond donors (Lipinski definition) is 1. The molecule has 1 aliphatic carbocycles. The molecule has 1 aliphatic rings. The summed E-state index contributed by atoms with van der Waals surface area (Å²) in [5.74, 6) is 1.19. The summed E-state index contributed by atoms with van der Waals surface area (Å²) in [7, 11) is 3.11. The predicted octanol–water partition coefficient (Wildman–Crippen LogP) is 3.95. The molecule has 2 aromatic carbocycles. The van der Waals surface area contributed by atoms with Crippen molar-refractivity contribution in [2.75, 3.05) is 20.8 Å². The summed E-state index contributed by atoms with van der Waals surface area (Å²) in [6.07, 6.45) is 5.46. The predicted molar refractivity (Wildman–Crippen MR) is 127 cm³/mol. The minimum Gasteiger partial charge on any atom is -0.496 e. The highest BCUT2D eigenvalue weighted by Gasteiger charge is 2.28. The van der Waals surface area contributed by atoms with Crippen molar-refractivity contribution in [3.05, 3.63) is 54.1 Å². The highest BCUT2D eigenvalue weighted by molar-refractivity contribution is 5.88. The summed E-state index contributed by atoms with van der Waals surface area (Å²) in [5.41, 5.74) is 0.950. The monoisotopic (exact) mass is 454 g/mol. The van der Waals surface area contributed by atoms with Gasteiger partial charge in [-0.3, -0.25) is 9.59 Å². The molecule has 2 aromatic rings. The molecular formula is C26H34N2O5. The maximum Gasteiger partial charge on any atom is 0.261 e. The summed E-state index contributed by atoms with van der Waals surface area (Å²) >= 11 is 0. The van der Waals surface area contributed by atoms with Crippen LogP contribution in [0.5, 0.6) is 17.2 Å². The molecule has 7 heteroatoms. The average molecular weight is 455 g/mol. The average Bonchev–Trinajstić information content (AvgIpc) is 2.86. The molecule has 33 heavy (non-hydrogen) atoms. The van der Waals surface area contributed by atoms with Gasteiger partial charge in [-0.05, 0) is 25.3 Å². The third-order valence-corrected chi connectivity index (χ3v) is 6.00. The second kappa shape index (κ2) is 12.1. The number of nitrogens with one attached hydrogen (secondary N) is 1. The van der Waals surface area contributed by atoms with Gasteiger partial charge in [0.25, 0.3) is 5.91 Å². The quantitative estimate of drug-likeness (QED) is 0.588. The van der Waals surface area contributed by atoms with Crippen LogP contribution in [0.4, 0.5) is 0 Å². The van der Waals surface area contributed by atoms with Crippen molar-refractivity contribution in [2.45, 2.75) is 57.7 Å². The number of carbonyl (C=O) groups excluding carboxylic acids is 2. The summed E-state index contributed by atoms with van der Waals surface area (Å²) < 4.78 is 16.3. The van der Waals surface area contributed by atoms with Gasteiger partial charge in [0.05, 0.1) is 14.2 Å². The molecule has 1 fully saturated rings. The first-order chi connectivity index (χ1) is 16.0. The van der Waals surface area contributed by atoms with E-state index in [1.165, 1.54) is 6.42 Å². The van der Waals surface area contributed by atoms with E-state index < -0.39 is 6.04 Å². The van der Waals surface area contributed by atoms with E-state index in [1.807, 2.05) is 30.3 Å². The second-order valence-electron chi connectivity index (χ2n) is 8.36. The number of benzene rings is 2. The summed E-state index contributed by atoms with van der Waals surface area (Å²) in [5, 5.41) is 3.14. The first kappa shape index (κ1) is 24.4. The molecule has 178 valence electrons. The van der Waals surface area contributed by atoms with Crippen LogP contribution in [0.1, 0.15) is 44.6 Å². The Kier molecular flexibility index (Phi) is 8.98.